The number of rotatable bonds is 6. The van der Waals surface area contributed by atoms with Gasteiger partial charge in [0.25, 0.3) is 0 Å². The summed E-state index contributed by atoms with van der Waals surface area (Å²) in [5.41, 5.74) is 7.00. The van der Waals surface area contributed by atoms with Gasteiger partial charge in [0.15, 0.2) is 0 Å². The maximum absolute atomic E-state index is 12.3. The summed E-state index contributed by atoms with van der Waals surface area (Å²) in [5.74, 6) is 1.40. The SMILES string of the molecule is Cc1oc(-c2ccsc2)nc1CC(=O)NC(C)(CN)C(C)C.Cl.Cl. The van der Waals surface area contributed by atoms with Gasteiger partial charge in [0.2, 0.25) is 11.8 Å². The molecule has 0 bridgehead atoms. The number of carbonyl (C=O) groups excluding carboxylic acids is 1. The molecule has 1 atom stereocenters. The highest BCUT2D eigenvalue weighted by Gasteiger charge is 2.29. The first-order chi connectivity index (χ1) is 10.4. The molecule has 5 nitrogen and oxygen atoms in total. The van der Waals surface area contributed by atoms with E-state index in [1.807, 2.05) is 44.5 Å². The zero-order valence-corrected chi connectivity index (χ0v) is 16.7. The van der Waals surface area contributed by atoms with Crippen LogP contribution in [-0.2, 0) is 11.2 Å². The van der Waals surface area contributed by atoms with Gasteiger partial charge in [0.1, 0.15) is 5.76 Å². The van der Waals surface area contributed by atoms with Gasteiger partial charge in [-0.3, -0.25) is 4.79 Å². The normalized spacial score (nSPS) is 12.9. The minimum Gasteiger partial charge on any atom is -0.441 e. The molecule has 0 saturated carbocycles. The standard InChI is InChI=1S/C16H23N3O2S.2ClH/c1-10(2)16(4,9-17)19-14(20)7-13-11(3)21-15(18-13)12-5-6-22-8-12;;/h5-6,8,10H,7,9,17H2,1-4H3,(H,19,20);2*1H. The molecule has 3 N–H and O–H groups in total. The van der Waals surface area contributed by atoms with Crippen molar-refractivity contribution in [3.8, 4) is 11.5 Å². The number of hydrogen-bond acceptors (Lipinski definition) is 5. The predicted octanol–water partition coefficient (Wildman–Crippen LogP) is 3.59. The van der Waals surface area contributed by atoms with Crippen LogP contribution < -0.4 is 11.1 Å². The fourth-order valence-electron chi connectivity index (χ4n) is 2.05. The number of nitrogens with zero attached hydrogens (tertiary/aromatic N) is 1. The number of nitrogens with one attached hydrogen (secondary N) is 1. The Morgan fingerprint density at radius 1 is 1.46 bits per heavy atom. The van der Waals surface area contributed by atoms with Gasteiger partial charge >= 0.3 is 0 Å². The molecule has 0 spiro atoms. The molecule has 0 radical (unpaired) electrons. The number of thiophene rings is 1. The molecule has 136 valence electrons. The largest absolute Gasteiger partial charge is 0.441 e. The average molecular weight is 394 g/mol. The number of oxazole rings is 1. The zero-order valence-electron chi connectivity index (χ0n) is 14.3. The first-order valence-corrected chi connectivity index (χ1v) is 8.30. The third kappa shape index (κ3) is 5.21. The first kappa shape index (κ1) is 22.9. The Bertz CT molecular complexity index is 644. The molecule has 1 amide bonds. The molecular formula is C16H25Cl2N3O2S. The van der Waals surface area contributed by atoms with E-state index in [9.17, 15) is 4.79 Å². The van der Waals surface area contributed by atoms with Crippen molar-refractivity contribution in [3.63, 3.8) is 0 Å². The van der Waals surface area contributed by atoms with Crippen molar-refractivity contribution in [3.05, 3.63) is 28.3 Å². The lowest BCUT2D eigenvalue weighted by Crippen LogP contribution is -2.55. The number of nitrogens with two attached hydrogens (primary N) is 1. The van der Waals surface area contributed by atoms with Gasteiger partial charge < -0.3 is 15.5 Å². The van der Waals surface area contributed by atoms with Crippen LogP contribution in [0.25, 0.3) is 11.5 Å². The third-order valence-electron chi connectivity index (χ3n) is 4.11. The van der Waals surface area contributed by atoms with Crippen molar-refractivity contribution in [2.75, 3.05) is 6.54 Å². The number of hydrogen-bond donors (Lipinski definition) is 2. The Labute approximate surface area is 159 Å². The second kappa shape index (κ2) is 9.42. The highest BCUT2D eigenvalue weighted by atomic mass is 35.5. The summed E-state index contributed by atoms with van der Waals surface area (Å²) in [6.07, 6.45) is 0.196. The third-order valence-corrected chi connectivity index (χ3v) is 4.80. The summed E-state index contributed by atoms with van der Waals surface area (Å²) < 4.78 is 5.65. The lowest BCUT2D eigenvalue weighted by atomic mass is 9.88. The van der Waals surface area contributed by atoms with E-state index in [1.165, 1.54) is 0 Å². The molecule has 24 heavy (non-hydrogen) atoms. The molecule has 2 aromatic rings. The number of carbonyl (C=O) groups is 1. The van der Waals surface area contributed by atoms with Crippen LogP contribution in [0.2, 0.25) is 0 Å². The maximum atomic E-state index is 12.3. The van der Waals surface area contributed by atoms with Crippen LogP contribution in [0.4, 0.5) is 0 Å². The molecule has 0 aromatic carbocycles. The minimum absolute atomic E-state index is 0. The second-order valence-corrected chi connectivity index (χ2v) is 6.82. The van der Waals surface area contributed by atoms with Gasteiger partial charge in [0.05, 0.1) is 17.7 Å². The number of amides is 1. The molecule has 0 aliphatic rings. The van der Waals surface area contributed by atoms with Crippen molar-refractivity contribution in [2.24, 2.45) is 11.7 Å². The molecule has 8 heteroatoms. The number of halogens is 2. The fraction of sp³-hybridized carbons (Fsp3) is 0.500. The molecule has 0 saturated heterocycles. The van der Waals surface area contributed by atoms with Crippen LogP contribution >= 0.6 is 36.2 Å². The predicted molar refractivity (Wildman–Crippen MR) is 103 cm³/mol. The summed E-state index contributed by atoms with van der Waals surface area (Å²) in [7, 11) is 0. The molecule has 0 aliphatic heterocycles. The zero-order chi connectivity index (χ0) is 16.3. The highest BCUT2D eigenvalue weighted by molar-refractivity contribution is 7.08. The molecule has 2 rings (SSSR count). The molecule has 2 aromatic heterocycles. The van der Waals surface area contributed by atoms with Crippen molar-refractivity contribution < 1.29 is 9.21 Å². The molecule has 0 fully saturated rings. The van der Waals surface area contributed by atoms with Crippen molar-refractivity contribution >= 4 is 42.1 Å². The Hall–Kier alpha value is -1.08. The van der Waals surface area contributed by atoms with E-state index in [0.29, 0.717) is 23.9 Å². The van der Waals surface area contributed by atoms with E-state index in [1.54, 1.807) is 11.3 Å². The maximum Gasteiger partial charge on any atom is 0.227 e. The van der Waals surface area contributed by atoms with Crippen molar-refractivity contribution in [2.45, 2.75) is 39.7 Å². The summed E-state index contributed by atoms with van der Waals surface area (Å²) in [6.45, 7) is 8.28. The van der Waals surface area contributed by atoms with Gasteiger partial charge in [-0.2, -0.15) is 11.3 Å². The van der Waals surface area contributed by atoms with Crippen LogP contribution in [0.5, 0.6) is 0 Å². The van der Waals surface area contributed by atoms with Crippen molar-refractivity contribution in [1.29, 1.82) is 0 Å². The lowest BCUT2D eigenvalue weighted by Gasteiger charge is -2.33. The van der Waals surface area contributed by atoms with Gasteiger partial charge in [-0.1, -0.05) is 13.8 Å². The molecule has 0 aliphatic carbocycles. The Morgan fingerprint density at radius 3 is 2.62 bits per heavy atom. The quantitative estimate of drug-likeness (QED) is 0.785. The molecular weight excluding hydrogens is 369 g/mol. The Balaban J connectivity index is 0.00000264. The number of aryl methyl sites for hydroxylation is 1. The van der Waals surface area contributed by atoms with E-state index in [4.69, 9.17) is 10.2 Å². The van der Waals surface area contributed by atoms with Crippen LogP contribution in [0.1, 0.15) is 32.2 Å². The van der Waals surface area contributed by atoms with Gasteiger partial charge in [-0.15, -0.1) is 24.8 Å². The topological polar surface area (TPSA) is 81.2 Å². The van der Waals surface area contributed by atoms with Crippen LogP contribution in [0, 0.1) is 12.8 Å². The van der Waals surface area contributed by atoms with E-state index in [-0.39, 0.29) is 43.1 Å². The van der Waals surface area contributed by atoms with Crippen LogP contribution in [0.3, 0.4) is 0 Å². The summed E-state index contributed by atoms with van der Waals surface area (Å²) in [6, 6.07) is 1.95. The Kier molecular flexibility index (Phi) is 8.99. The summed E-state index contributed by atoms with van der Waals surface area (Å²) in [4.78, 5) is 16.7. The van der Waals surface area contributed by atoms with E-state index in [0.717, 1.165) is 5.56 Å². The fourth-order valence-corrected chi connectivity index (χ4v) is 2.68. The first-order valence-electron chi connectivity index (χ1n) is 7.35. The Morgan fingerprint density at radius 2 is 2.12 bits per heavy atom. The van der Waals surface area contributed by atoms with Gasteiger partial charge in [-0.25, -0.2) is 4.98 Å². The monoisotopic (exact) mass is 393 g/mol. The van der Waals surface area contributed by atoms with Gasteiger partial charge in [0, 0.05) is 17.5 Å². The molecule has 1 unspecified atom stereocenters. The van der Waals surface area contributed by atoms with Gasteiger partial charge in [-0.05, 0) is 31.2 Å². The van der Waals surface area contributed by atoms with Crippen molar-refractivity contribution in [1.82, 2.24) is 10.3 Å². The van der Waals surface area contributed by atoms with E-state index >= 15 is 0 Å². The smallest absolute Gasteiger partial charge is 0.227 e. The van der Waals surface area contributed by atoms with E-state index in [2.05, 4.69) is 10.3 Å². The highest BCUT2D eigenvalue weighted by Crippen LogP contribution is 2.24. The van der Waals surface area contributed by atoms with E-state index < -0.39 is 5.54 Å². The van der Waals surface area contributed by atoms with Crippen LogP contribution in [-0.4, -0.2) is 23.0 Å². The minimum atomic E-state index is -0.412. The molecule has 2 heterocycles. The lowest BCUT2D eigenvalue weighted by molar-refractivity contribution is -0.122. The van der Waals surface area contributed by atoms with Crippen LogP contribution in [0.15, 0.2) is 21.2 Å². The summed E-state index contributed by atoms with van der Waals surface area (Å²) in [5, 5.41) is 6.96. The summed E-state index contributed by atoms with van der Waals surface area (Å²) >= 11 is 1.58. The second-order valence-electron chi connectivity index (χ2n) is 6.04. The number of aromatic nitrogens is 1. The average Bonchev–Trinajstić information content (AvgIpc) is 3.09.